The largest absolute Gasteiger partial charge is 0.314 e. The van der Waals surface area contributed by atoms with Crippen LogP contribution in [-0.4, -0.2) is 38.4 Å². The zero-order valence-electron chi connectivity index (χ0n) is 14.2. The van der Waals surface area contributed by atoms with Crippen LogP contribution in [0, 0.1) is 25.6 Å². The summed E-state index contributed by atoms with van der Waals surface area (Å²) in [4.78, 5) is 0.207. The first-order valence-corrected chi connectivity index (χ1v) is 9.82. The van der Waals surface area contributed by atoms with Gasteiger partial charge in [-0.2, -0.15) is 4.31 Å². The summed E-state index contributed by atoms with van der Waals surface area (Å²) in [6.07, 6.45) is 4.32. The molecule has 2 aliphatic rings. The van der Waals surface area contributed by atoms with E-state index < -0.39 is 10.0 Å². The molecular weight excluding hydrogens is 351 g/mol. The molecule has 1 aliphatic carbocycles. The Morgan fingerprint density at radius 3 is 2.17 bits per heavy atom. The summed E-state index contributed by atoms with van der Waals surface area (Å²) >= 11 is 0. The van der Waals surface area contributed by atoms with Gasteiger partial charge in [0.25, 0.3) is 0 Å². The number of aryl methyl sites for hydroxylation is 2. The van der Waals surface area contributed by atoms with Crippen molar-refractivity contribution in [2.45, 2.75) is 50.5 Å². The van der Waals surface area contributed by atoms with Crippen LogP contribution in [0.2, 0.25) is 0 Å². The van der Waals surface area contributed by atoms with E-state index in [-0.39, 0.29) is 23.1 Å². The molecule has 1 aliphatic heterocycles. The molecular formula is C17H26ClFN2O2S. The molecule has 1 N–H and O–H groups in total. The van der Waals surface area contributed by atoms with Gasteiger partial charge in [-0.25, -0.2) is 12.8 Å². The lowest BCUT2D eigenvalue weighted by Gasteiger charge is -2.32. The minimum atomic E-state index is -3.53. The summed E-state index contributed by atoms with van der Waals surface area (Å²) < 4.78 is 40.8. The third-order valence-corrected chi connectivity index (χ3v) is 6.77. The molecule has 1 heterocycles. The molecule has 1 saturated carbocycles. The number of rotatable bonds is 5. The van der Waals surface area contributed by atoms with E-state index in [1.54, 1.807) is 13.8 Å². The van der Waals surface area contributed by atoms with Crippen molar-refractivity contribution in [3.05, 3.63) is 29.1 Å². The molecule has 0 atom stereocenters. The topological polar surface area (TPSA) is 49.4 Å². The Morgan fingerprint density at radius 1 is 1.12 bits per heavy atom. The Labute approximate surface area is 150 Å². The predicted octanol–water partition coefficient (Wildman–Crippen LogP) is 3.02. The summed E-state index contributed by atoms with van der Waals surface area (Å²) in [5.41, 5.74) is 0.758. The highest BCUT2D eigenvalue weighted by Gasteiger charge is 2.31. The van der Waals surface area contributed by atoms with Gasteiger partial charge in [0.15, 0.2) is 0 Å². The molecule has 0 unspecified atom stereocenters. The first kappa shape index (κ1) is 19.6. The van der Waals surface area contributed by atoms with E-state index >= 15 is 0 Å². The van der Waals surface area contributed by atoms with Gasteiger partial charge >= 0.3 is 0 Å². The number of halogens is 2. The molecule has 0 spiro atoms. The minimum absolute atomic E-state index is 0. The van der Waals surface area contributed by atoms with Gasteiger partial charge in [-0.3, -0.25) is 0 Å². The van der Waals surface area contributed by atoms with E-state index in [1.165, 1.54) is 29.3 Å². The highest BCUT2D eigenvalue weighted by Crippen LogP contribution is 2.28. The molecule has 0 radical (unpaired) electrons. The Morgan fingerprint density at radius 2 is 1.67 bits per heavy atom. The standard InChI is InChI=1S/C17H25FN2O2S.ClH/c1-12-9-16(10-13(2)17(12)18)23(21,22)20-7-5-15(6-8-20)19-11-14-3-4-14;/h9-10,14-15,19H,3-8,11H2,1-2H3;1H. The van der Waals surface area contributed by atoms with E-state index in [4.69, 9.17) is 0 Å². The Bertz CT molecular complexity index is 661. The summed E-state index contributed by atoms with van der Waals surface area (Å²) in [7, 11) is -3.53. The van der Waals surface area contributed by atoms with E-state index in [0.29, 0.717) is 30.3 Å². The summed E-state index contributed by atoms with van der Waals surface area (Å²) in [6, 6.07) is 3.29. The van der Waals surface area contributed by atoms with Crippen LogP contribution in [0.25, 0.3) is 0 Å². The van der Waals surface area contributed by atoms with Gasteiger partial charge in [-0.1, -0.05) is 0 Å². The molecule has 4 nitrogen and oxygen atoms in total. The fourth-order valence-electron chi connectivity index (χ4n) is 3.16. The van der Waals surface area contributed by atoms with Crippen LogP contribution in [0.5, 0.6) is 0 Å². The average molecular weight is 377 g/mol. The molecule has 2 fully saturated rings. The van der Waals surface area contributed by atoms with Crippen LogP contribution in [0.3, 0.4) is 0 Å². The zero-order valence-corrected chi connectivity index (χ0v) is 15.9. The molecule has 3 rings (SSSR count). The van der Waals surface area contributed by atoms with E-state index in [1.807, 2.05) is 0 Å². The Balaban J connectivity index is 0.00000208. The second-order valence-electron chi connectivity index (χ2n) is 6.90. The molecule has 0 bridgehead atoms. The highest BCUT2D eigenvalue weighted by molar-refractivity contribution is 7.89. The fourth-order valence-corrected chi connectivity index (χ4v) is 4.80. The summed E-state index contributed by atoms with van der Waals surface area (Å²) in [5.74, 6) is 0.508. The van der Waals surface area contributed by atoms with Crippen LogP contribution in [0.4, 0.5) is 4.39 Å². The lowest BCUT2D eigenvalue weighted by Crippen LogP contribution is -2.45. The lowest BCUT2D eigenvalue weighted by atomic mass is 10.1. The molecule has 1 aromatic rings. The molecule has 7 heteroatoms. The molecule has 1 saturated heterocycles. The fraction of sp³-hybridized carbons (Fsp3) is 0.647. The number of benzene rings is 1. The van der Waals surface area contributed by atoms with Gasteiger partial charge in [0.2, 0.25) is 10.0 Å². The van der Waals surface area contributed by atoms with Crippen molar-refractivity contribution in [2.24, 2.45) is 5.92 Å². The number of sulfonamides is 1. The molecule has 24 heavy (non-hydrogen) atoms. The smallest absolute Gasteiger partial charge is 0.243 e. The van der Waals surface area contributed by atoms with E-state index in [9.17, 15) is 12.8 Å². The number of hydrogen-bond donors (Lipinski definition) is 1. The van der Waals surface area contributed by atoms with Crippen LogP contribution >= 0.6 is 12.4 Å². The summed E-state index contributed by atoms with van der Waals surface area (Å²) in [5, 5.41) is 3.55. The average Bonchev–Trinajstić information content (AvgIpc) is 3.35. The normalized spacial score (nSPS) is 20.0. The van der Waals surface area contributed by atoms with Crippen molar-refractivity contribution in [3.8, 4) is 0 Å². The Hall–Kier alpha value is -0.690. The van der Waals surface area contributed by atoms with Gasteiger partial charge in [0.1, 0.15) is 5.82 Å². The van der Waals surface area contributed by atoms with Gasteiger partial charge in [-0.05, 0) is 75.3 Å². The monoisotopic (exact) mass is 376 g/mol. The molecule has 0 aromatic heterocycles. The first-order chi connectivity index (χ1) is 10.9. The predicted molar refractivity (Wildman–Crippen MR) is 95.6 cm³/mol. The second kappa shape index (κ2) is 7.68. The van der Waals surface area contributed by atoms with Crippen molar-refractivity contribution in [1.29, 1.82) is 0 Å². The Kier molecular flexibility index (Phi) is 6.29. The third-order valence-electron chi connectivity index (χ3n) is 4.89. The van der Waals surface area contributed by atoms with Crippen molar-refractivity contribution in [1.82, 2.24) is 9.62 Å². The minimum Gasteiger partial charge on any atom is -0.314 e. The zero-order chi connectivity index (χ0) is 16.6. The quantitative estimate of drug-likeness (QED) is 0.859. The first-order valence-electron chi connectivity index (χ1n) is 8.38. The van der Waals surface area contributed by atoms with Crippen LogP contribution in [0.15, 0.2) is 17.0 Å². The van der Waals surface area contributed by atoms with Crippen LogP contribution in [-0.2, 0) is 10.0 Å². The number of nitrogens with zero attached hydrogens (tertiary/aromatic N) is 1. The van der Waals surface area contributed by atoms with Crippen molar-refractivity contribution in [3.63, 3.8) is 0 Å². The van der Waals surface area contributed by atoms with Crippen molar-refractivity contribution in [2.75, 3.05) is 19.6 Å². The number of nitrogens with one attached hydrogen (secondary N) is 1. The highest BCUT2D eigenvalue weighted by atomic mass is 35.5. The van der Waals surface area contributed by atoms with Gasteiger partial charge < -0.3 is 5.32 Å². The van der Waals surface area contributed by atoms with Crippen molar-refractivity contribution < 1.29 is 12.8 Å². The lowest BCUT2D eigenvalue weighted by molar-refractivity contribution is 0.288. The SMILES string of the molecule is Cc1cc(S(=O)(=O)N2CCC(NCC3CC3)CC2)cc(C)c1F.Cl. The second-order valence-corrected chi connectivity index (χ2v) is 8.84. The van der Waals surface area contributed by atoms with Crippen molar-refractivity contribution >= 4 is 22.4 Å². The van der Waals surface area contributed by atoms with Gasteiger partial charge in [-0.15, -0.1) is 12.4 Å². The maximum atomic E-state index is 13.7. The molecule has 0 amide bonds. The number of hydrogen-bond acceptors (Lipinski definition) is 3. The maximum Gasteiger partial charge on any atom is 0.243 e. The van der Waals surface area contributed by atoms with E-state index in [0.717, 1.165) is 25.3 Å². The number of piperidine rings is 1. The molecule has 136 valence electrons. The van der Waals surface area contributed by atoms with Gasteiger partial charge in [0, 0.05) is 19.1 Å². The molecule has 1 aromatic carbocycles. The van der Waals surface area contributed by atoms with Crippen LogP contribution in [0.1, 0.15) is 36.8 Å². The maximum absolute atomic E-state index is 13.7. The third kappa shape index (κ3) is 4.28. The van der Waals surface area contributed by atoms with E-state index in [2.05, 4.69) is 5.32 Å². The van der Waals surface area contributed by atoms with Crippen LogP contribution < -0.4 is 5.32 Å². The summed E-state index contributed by atoms with van der Waals surface area (Å²) in [6.45, 7) is 5.33. The van der Waals surface area contributed by atoms with Gasteiger partial charge in [0.05, 0.1) is 4.90 Å².